The number of carbonyl (C=O) groups excluding carboxylic acids is 1. The normalized spacial score (nSPS) is 14.9. The maximum absolute atomic E-state index is 11.7. The Kier molecular flexibility index (Phi) is 9.15. The first-order valence-electron chi connectivity index (χ1n) is 13.6. The fraction of sp³-hybridized carbons (Fsp3) is 0.419. The quantitative estimate of drug-likeness (QED) is 0.412. The number of rotatable bonds is 10. The molecule has 1 aliphatic rings. The number of aromatic nitrogens is 2. The van der Waals surface area contributed by atoms with E-state index in [1.54, 1.807) is 13.2 Å². The fourth-order valence-corrected chi connectivity index (χ4v) is 5.60. The molecule has 39 heavy (non-hydrogen) atoms. The molecule has 1 saturated heterocycles. The summed E-state index contributed by atoms with van der Waals surface area (Å²) in [5.41, 5.74) is 11.1. The predicted octanol–water partition coefficient (Wildman–Crippen LogP) is 4.56. The van der Waals surface area contributed by atoms with Crippen LogP contribution in [0.1, 0.15) is 64.9 Å². The van der Waals surface area contributed by atoms with Crippen molar-refractivity contribution < 1.29 is 9.53 Å². The third-order valence-electron chi connectivity index (χ3n) is 7.74. The average molecular weight is 527 g/mol. The van der Waals surface area contributed by atoms with Gasteiger partial charge in [-0.05, 0) is 94.5 Å². The van der Waals surface area contributed by atoms with E-state index in [1.165, 1.54) is 0 Å². The van der Waals surface area contributed by atoms with Crippen LogP contribution in [0, 0.1) is 25.2 Å². The van der Waals surface area contributed by atoms with Gasteiger partial charge in [-0.3, -0.25) is 9.78 Å². The number of amides is 1. The molecule has 0 radical (unpaired) electrons. The highest BCUT2D eigenvalue weighted by molar-refractivity contribution is 5.95. The van der Waals surface area contributed by atoms with Crippen LogP contribution in [-0.2, 0) is 13.0 Å². The summed E-state index contributed by atoms with van der Waals surface area (Å²) in [5.74, 6) is 0.411. The first-order chi connectivity index (χ1) is 18.8. The Morgan fingerprint density at radius 3 is 2.49 bits per heavy atom. The molecule has 0 bridgehead atoms. The van der Waals surface area contributed by atoms with E-state index in [-0.39, 0.29) is 0 Å². The van der Waals surface area contributed by atoms with E-state index in [1.807, 2.05) is 44.2 Å². The van der Waals surface area contributed by atoms with Crippen LogP contribution in [0.5, 0.6) is 5.75 Å². The number of methoxy groups -OCH3 is 1. The molecule has 8 heteroatoms. The first-order valence-corrected chi connectivity index (χ1v) is 13.6. The van der Waals surface area contributed by atoms with Crippen molar-refractivity contribution in [1.29, 1.82) is 5.26 Å². The zero-order valence-electron chi connectivity index (χ0n) is 23.4. The Hall–Kier alpha value is -3.96. The number of hydrogen-bond donors (Lipinski definition) is 1. The molecule has 1 amide bonds. The Balaban J connectivity index is 1.41. The Labute approximate surface area is 231 Å². The molecule has 1 aromatic carbocycles. The molecule has 0 spiro atoms. The number of pyridine rings is 2. The molecule has 3 heterocycles. The van der Waals surface area contributed by atoms with Crippen molar-refractivity contribution >= 4 is 11.6 Å². The summed E-state index contributed by atoms with van der Waals surface area (Å²) in [5, 5.41) is 9.31. The number of primary amides is 1. The van der Waals surface area contributed by atoms with Gasteiger partial charge in [-0.15, -0.1) is 0 Å². The number of piperidine rings is 1. The van der Waals surface area contributed by atoms with E-state index in [9.17, 15) is 10.1 Å². The molecule has 2 N–H and O–H groups in total. The Morgan fingerprint density at radius 2 is 1.87 bits per heavy atom. The van der Waals surface area contributed by atoms with Gasteiger partial charge in [0.05, 0.1) is 30.6 Å². The van der Waals surface area contributed by atoms with Gasteiger partial charge >= 0.3 is 0 Å². The number of aryl methyl sites for hydroxylation is 3. The maximum atomic E-state index is 11.7. The van der Waals surface area contributed by atoms with E-state index < -0.39 is 5.91 Å². The topological polar surface area (TPSA) is 108 Å². The highest BCUT2D eigenvalue weighted by Crippen LogP contribution is 2.28. The van der Waals surface area contributed by atoms with Crippen LogP contribution in [-0.4, -0.2) is 53.1 Å². The largest absolute Gasteiger partial charge is 0.497 e. The molecule has 3 aromatic rings. The third-order valence-corrected chi connectivity index (χ3v) is 7.74. The van der Waals surface area contributed by atoms with Crippen LogP contribution >= 0.6 is 0 Å². The van der Waals surface area contributed by atoms with Crippen molar-refractivity contribution in [3.63, 3.8) is 0 Å². The standard InChI is InChI=1S/C31H38N6O2/c1-21-18-24(34-23(3)30(21)31(33)38)9-8-22(2)36-16-14-28(15-17-36)37(27-10-12-29(39-4)13-11-27)20-26-7-5-6-25(19-32)35-26/h5-7,10-13,18,22,28H,8-9,14-17,20H2,1-4H3,(H2,33,38)/t22-/m1/s1. The van der Waals surface area contributed by atoms with Crippen molar-refractivity contribution in [2.45, 2.75) is 65.1 Å². The maximum Gasteiger partial charge on any atom is 0.250 e. The van der Waals surface area contributed by atoms with Gasteiger partial charge in [-0.25, -0.2) is 4.98 Å². The minimum atomic E-state index is -0.419. The van der Waals surface area contributed by atoms with E-state index >= 15 is 0 Å². The van der Waals surface area contributed by atoms with Crippen LogP contribution in [0.4, 0.5) is 5.69 Å². The van der Waals surface area contributed by atoms with Gasteiger partial charge in [0.25, 0.3) is 5.91 Å². The minimum Gasteiger partial charge on any atom is -0.497 e. The van der Waals surface area contributed by atoms with Crippen molar-refractivity contribution in [2.24, 2.45) is 5.73 Å². The Morgan fingerprint density at radius 1 is 1.15 bits per heavy atom. The molecule has 1 aliphatic heterocycles. The van der Waals surface area contributed by atoms with E-state index in [0.29, 0.717) is 35.6 Å². The second kappa shape index (κ2) is 12.7. The molecule has 0 unspecified atom stereocenters. The van der Waals surface area contributed by atoms with Gasteiger partial charge in [0.2, 0.25) is 0 Å². The van der Waals surface area contributed by atoms with Gasteiger partial charge in [0.1, 0.15) is 17.5 Å². The molecule has 1 fully saturated rings. The van der Waals surface area contributed by atoms with Gasteiger partial charge in [-0.2, -0.15) is 5.26 Å². The summed E-state index contributed by atoms with van der Waals surface area (Å²) in [4.78, 5) is 25.9. The molecular weight excluding hydrogens is 488 g/mol. The lowest BCUT2D eigenvalue weighted by Crippen LogP contribution is -2.47. The molecule has 0 saturated carbocycles. The molecule has 1 atom stereocenters. The molecule has 8 nitrogen and oxygen atoms in total. The number of hydrogen-bond acceptors (Lipinski definition) is 7. The molecular formula is C31H38N6O2. The van der Waals surface area contributed by atoms with Crippen LogP contribution in [0.3, 0.4) is 0 Å². The number of likely N-dealkylation sites (tertiary alicyclic amines) is 1. The van der Waals surface area contributed by atoms with Gasteiger partial charge < -0.3 is 20.3 Å². The summed E-state index contributed by atoms with van der Waals surface area (Å²) in [6.07, 6.45) is 3.94. The molecule has 4 rings (SSSR count). The van der Waals surface area contributed by atoms with E-state index in [4.69, 9.17) is 10.5 Å². The van der Waals surface area contributed by atoms with Crippen LogP contribution < -0.4 is 15.4 Å². The van der Waals surface area contributed by atoms with Crippen LogP contribution in [0.25, 0.3) is 0 Å². The summed E-state index contributed by atoms with van der Waals surface area (Å²) in [6, 6.07) is 18.7. The van der Waals surface area contributed by atoms with Gasteiger partial charge in [0, 0.05) is 36.6 Å². The lowest BCUT2D eigenvalue weighted by atomic mass is 9.98. The summed E-state index contributed by atoms with van der Waals surface area (Å²) in [6.45, 7) is 8.73. The number of ether oxygens (including phenoxy) is 1. The summed E-state index contributed by atoms with van der Waals surface area (Å²) < 4.78 is 5.37. The number of benzene rings is 1. The van der Waals surface area contributed by atoms with Gasteiger partial charge in [-0.1, -0.05) is 6.07 Å². The lowest BCUT2D eigenvalue weighted by molar-refractivity contribution is 0.0998. The Bertz CT molecular complexity index is 1300. The number of nitrogens with two attached hydrogens (primary N) is 1. The zero-order valence-corrected chi connectivity index (χ0v) is 23.4. The van der Waals surface area contributed by atoms with Gasteiger partial charge in [0.15, 0.2) is 0 Å². The van der Waals surface area contributed by atoms with Crippen molar-refractivity contribution in [3.05, 3.63) is 82.4 Å². The molecule has 0 aliphatic carbocycles. The van der Waals surface area contributed by atoms with Crippen LogP contribution in [0.15, 0.2) is 48.5 Å². The first kappa shape index (κ1) is 28.1. The van der Waals surface area contributed by atoms with E-state index in [2.05, 4.69) is 44.9 Å². The van der Waals surface area contributed by atoms with Crippen molar-refractivity contribution in [3.8, 4) is 11.8 Å². The third kappa shape index (κ3) is 6.92. The monoisotopic (exact) mass is 526 g/mol. The predicted molar refractivity (Wildman–Crippen MR) is 153 cm³/mol. The summed E-state index contributed by atoms with van der Waals surface area (Å²) >= 11 is 0. The average Bonchev–Trinajstić information content (AvgIpc) is 2.94. The smallest absolute Gasteiger partial charge is 0.250 e. The summed E-state index contributed by atoms with van der Waals surface area (Å²) in [7, 11) is 1.68. The minimum absolute atomic E-state index is 0.364. The van der Waals surface area contributed by atoms with Crippen LogP contribution in [0.2, 0.25) is 0 Å². The second-order valence-corrected chi connectivity index (χ2v) is 10.4. The lowest BCUT2D eigenvalue weighted by Gasteiger charge is -2.41. The number of anilines is 1. The van der Waals surface area contributed by atoms with Crippen molar-refractivity contribution in [2.75, 3.05) is 25.1 Å². The fourth-order valence-electron chi connectivity index (χ4n) is 5.60. The SMILES string of the molecule is COc1ccc(N(Cc2cccc(C#N)n2)C2CCN([C@H](C)CCc3cc(C)c(C(N)=O)c(C)n3)CC2)cc1. The highest BCUT2D eigenvalue weighted by Gasteiger charge is 2.28. The second-order valence-electron chi connectivity index (χ2n) is 10.4. The van der Waals surface area contributed by atoms with E-state index in [0.717, 1.165) is 67.2 Å². The molecule has 204 valence electrons. The number of nitrogens with zero attached hydrogens (tertiary/aromatic N) is 5. The van der Waals surface area contributed by atoms with Crippen molar-refractivity contribution in [1.82, 2.24) is 14.9 Å². The highest BCUT2D eigenvalue weighted by atomic mass is 16.5. The molecule has 2 aromatic heterocycles. The number of carbonyl (C=O) groups is 1. The zero-order chi connectivity index (χ0) is 27.9. The number of nitriles is 1.